The molecule has 0 unspecified atom stereocenters. The van der Waals surface area contributed by atoms with Gasteiger partial charge in [0, 0.05) is 6.61 Å². The molecule has 0 amide bonds. The van der Waals surface area contributed by atoms with Crippen molar-refractivity contribution in [1.82, 2.24) is 0 Å². The van der Waals surface area contributed by atoms with E-state index < -0.39 is 0 Å². The van der Waals surface area contributed by atoms with E-state index in [4.69, 9.17) is 4.74 Å². The molecule has 110 valence electrons. The molecule has 0 bridgehead atoms. The minimum absolute atomic E-state index is 0.576. The maximum atomic E-state index is 5.98. The largest absolute Gasteiger partial charge is 0.378 e. The lowest BCUT2D eigenvalue weighted by molar-refractivity contribution is 0.00645. The van der Waals surface area contributed by atoms with Gasteiger partial charge in [0.25, 0.3) is 0 Å². The number of hydrogen-bond donors (Lipinski definition) is 0. The summed E-state index contributed by atoms with van der Waals surface area (Å²) in [5.74, 6) is 2.81. The van der Waals surface area contributed by atoms with E-state index in [0.29, 0.717) is 6.10 Å². The van der Waals surface area contributed by atoms with Crippen LogP contribution < -0.4 is 0 Å². The summed E-state index contributed by atoms with van der Waals surface area (Å²) in [5, 5.41) is 0. The zero-order valence-electron chi connectivity index (χ0n) is 12.8. The van der Waals surface area contributed by atoms with Crippen molar-refractivity contribution in [3.8, 4) is 0 Å². The fraction of sp³-hybridized carbons (Fsp3) is 0.889. The van der Waals surface area contributed by atoms with Crippen LogP contribution in [0.5, 0.6) is 0 Å². The summed E-state index contributed by atoms with van der Waals surface area (Å²) in [5.41, 5.74) is 0. The van der Waals surface area contributed by atoms with Gasteiger partial charge in [0.1, 0.15) is 0 Å². The van der Waals surface area contributed by atoms with E-state index in [-0.39, 0.29) is 0 Å². The van der Waals surface area contributed by atoms with Crippen molar-refractivity contribution in [3.05, 3.63) is 12.7 Å². The molecule has 0 aliphatic heterocycles. The quantitative estimate of drug-likeness (QED) is 0.464. The molecule has 1 nitrogen and oxygen atoms in total. The van der Waals surface area contributed by atoms with Gasteiger partial charge >= 0.3 is 0 Å². The zero-order valence-corrected chi connectivity index (χ0v) is 12.8. The molecule has 0 radical (unpaired) electrons. The van der Waals surface area contributed by atoms with Gasteiger partial charge in [-0.05, 0) is 75.5 Å². The molecule has 0 N–H and O–H groups in total. The highest BCUT2D eigenvalue weighted by Gasteiger charge is 2.30. The van der Waals surface area contributed by atoms with Crippen LogP contribution >= 0.6 is 0 Å². The lowest BCUT2D eigenvalue weighted by Gasteiger charge is -2.37. The van der Waals surface area contributed by atoms with Crippen molar-refractivity contribution in [1.29, 1.82) is 0 Å². The third-order valence-corrected chi connectivity index (χ3v) is 5.39. The second-order valence-corrected chi connectivity index (χ2v) is 6.67. The molecule has 0 aromatic rings. The highest BCUT2D eigenvalue weighted by Crippen LogP contribution is 2.40. The molecule has 0 saturated heterocycles. The van der Waals surface area contributed by atoms with Crippen molar-refractivity contribution in [2.24, 2.45) is 17.8 Å². The lowest BCUT2D eigenvalue weighted by atomic mass is 9.70. The van der Waals surface area contributed by atoms with Crippen LogP contribution in [0, 0.1) is 17.8 Å². The Morgan fingerprint density at radius 1 is 0.947 bits per heavy atom. The molecule has 2 saturated carbocycles. The van der Waals surface area contributed by atoms with Crippen molar-refractivity contribution in [3.63, 3.8) is 0 Å². The standard InChI is InChI=1S/C18H32O/c1-3-5-14-19-18-12-10-17(11-13-18)16-8-6-15(4-2)7-9-16/h4,15-18H,2-3,5-14H2,1H3/t15-,16-,17-,18-. The van der Waals surface area contributed by atoms with Crippen molar-refractivity contribution >= 4 is 0 Å². The van der Waals surface area contributed by atoms with Gasteiger partial charge < -0.3 is 4.74 Å². The Labute approximate surface area is 119 Å². The van der Waals surface area contributed by atoms with E-state index in [0.717, 1.165) is 24.4 Å². The van der Waals surface area contributed by atoms with E-state index in [1.807, 2.05) is 0 Å². The summed E-state index contributed by atoms with van der Waals surface area (Å²) in [7, 11) is 0. The number of unbranched alkanes of at least 4 members (excludes halogenated alkanes) is 1. The Morgan fingerprint density at radius 3 is 2.05 bits per heavy atom. The Kier molecular flexibility index (Phi) is 6.43. The molecule has 2 aliphatic carbocycles. The second-order valence-electron chi connectivity index (χ2n) is 6.67. The summed E-state index contributed by atoms with van der Waals surface area (Å²) < 4.78 is 5.98. The van der Waals surface area contributed by atoms with E-state index in [1.165, 1.54) is 64.2 Å². The third-order valence-electron chi connectivity index (χ3n) is 5.39. The number of ether oxygens (including phenoxy) is 1. The molecule has 0 atom stereocenters. The highest BCUT2D eigenvalue weighted by molar-refractivity contribution is 4.87. The Morgan fingerprint density at radius 2 is 1.53 bits per heavy atom. The molecule has 2 fully saturated rings. The fourth-order valence-electron chi connectivity index (χ4n) is 3.97. The van der Waals surface area contributed by atoms with Crippen LogP contribution in [-0.4, -0.2) is 12.7 Å². The van der Waals surface area contributed by atoms with Crippen molar-refractivity contribution in [2.45, 2.75) is 77.2 Å². The normalized spacial score (nSPS) is 36.1. The Hall–Kier alpha value is -0.300. The van der Waals surface area contributed by atoms with Gasteiger partial charge in [-0.25, -0.2) is 0 Å². The van der Waals surface area contributed by atoms with Crippen LogP contribution in [0.4, 0.5) is 0 Å². The lowest BCUT2D eigenvalue weighted by Crippen LogP contribution is -2.28. The first-order valence-corrected chi connectivity index (χ1v) is 8.57. The van der Waals surface area contributed by atoms with E-state index in [9.17, 15) is 0 Å². The summed E-state index contributed by atoms with van der Waals surface area (Å²) in [4.78, 5) is 0. The maximum absolute atomic E-state index is 5.98. The number of hydrogen-bond acceptors (Lipinski definition) is 1. The SMILES string of the molecule is C=C[C@H]1CC[C@H]([C@H]2CC[C@H](OCCCC)CC2)CC1. The average molecular weight is 264 g/mol. The van der Waals surface area contributed by atoms with Gasteiger partial charge in [0.05, 0.1) is 6.10 Å². The molecular formula is C18H32O. The van der Waals surface area contributed by atoms with E-state index >= 15 is 0 Å². The molecule has 1 heteroatoms. The monoisotopic (exact) mass is 264 g/mol. The smallest absolute Gasteiger partial charge is 0.0575 e. The third kappa shape index (κ3) is 4.63. The molecule has 2 rings (SSSR count). The fourth-order valence-corrected chi connectivity index (χ4v) is 3.97. The molecular weight excluding hydrogens is 232 g/mol. The molecule has 19 heavy (non-hydrogen) atoms. The zero-order chi connectivity index (χ0) is 13.5. The first-order valence-electron chi connectivity index (χ1n) is 8.57. The van der Waals surface area contributed by atoms with Gasteiger partial charge in [-0.2, -0.15) is 0 Å². The number of allylic oxidation sites excluding steroid dienone is 1. The second kappa shape index (κ2) is 8.09. The number of rotatable bonds is 6. The molecule has 0 aromatic carbocycles. The molecule has 0 spiro atoms. The molecule has 0 heterocycles. The summed E-state index contributed by atoms with van der Waals surface area (Å²) in [6.45, 7) is 7.17. The van der Waals surface area contributed by atoms with Gasteiger partial charge in [0.2, 0.25) is 0 Å². The molecule has 0 aromatic heterocycles. The van der Waals surface area contributed by atoms with Crippen LogP contribution in [0.15, 0.2) is 12.7 Å². The van der Waals surface area contributed by atoms with Crippen LogP contribution in [0.3, 0.4) is 0 Å². The summed E-state index contributed by atoms with van der Waals surface area (Å²) in [6.07, 6.45) is 16.4. The van der Waals surface area contributed by atoms with Crippen LogP contribution in [-0.2, 0) is 4.74 Å². The van der Waals surface area contributed by atoms with Crippen LogP contribution in [0.2, 0.25) is 0 Å². The van der Waals surface area contributed by atoms with Gasteiger partial charge in [0.15, 0.2) is 0 Å². The Balaban J connectivity index is 1.64. The van der Waals surface area contributed by atoms with Crippen LogP contribution in [0.25, 0.3) is 0 Å². The topological polar surface area (TPSA) is 9.23 Å². The summed E-state index contributed by atoms with van der Waals surface area (Å²) in [6, 6.07) is 0. The predicted octanol–water partition coefficient (Wildman–Crippen LogP) is 5.35. The minimum Gasteiger partial charge on any atom is -0.378 e. The Bertz CT molecular complexity index is 244. The first kappa shape index (κ1) is 15.1. The molecule has 2 aliphatic rings. The van der Waals surface area contributed by atoms with Crippen molar-refractivity contribution in [2.75, 3.05) is 6.61 Å². The van der Waals surface area contributed by atoms with E-state index in [2.05, 4.69) is 19.6 Å². The predicted molar refractivity (Wildman–Crippen MR) is 82.3 cm³/mol. The first-order chi connectivity index (χ1) is 9.33. The van der Waals surface area contributed by atoms with E-state index in [1.54, 1.807) is 0 Å². The van der Waals surface area contributed by atoms with Gasteiger partial charge in [-0.15, -0.1) is 6.58 Å². The van der Waals surface area contributed by atoms with Gasteiger partial charge in [-0.1, -0.05) is 19.4 Å². The average Bonchev–Trinajstić information content (AvgIpc) is 2.48. The van der Waals surface area contributed by atoms with Gasteiger partial charge in [-0.3, -0.25) is 0 Å². The van der Waals surface area contributed by atoms with Crippen molar-refractivity contribution < 1.29 is 4.74 Å². The minimum atomic E-state index is 0.576. The summed E-state index contributed by atoms with van der Waals surface area (Å²) >= 11 is 0. The highest BCUT2D eigenvalue weighted by atomic mass is 16.5. The maximum Gasteiger partial charge on any atom is 0.0575 e. The van der Waals surface area contributed by atoms with Crippen LogP contribution in [0.1, 0.15) is 71.1 Å².